The Hall–Kier alpha value is -1.88. The van der Waals surface area contributed by atoms with E-state index in [0.29, 0.717) is 6.04 Å². The highest BCUT2D eigenvalue weighted by molar-refractivity contribution is 6.04. The van der Waals surface area contributed by atoms with Crippen LogP contribution in [0.15, 0.2) is 18.2 Å². The molecule has 1 saturated carbocycles. The maximum absolute atomic E-state index is 11.9. The minimum Gasteiger partial charge on any atom is -0.350 e. The summed E-state index contributed by atoms with van der Waals surface area (Å²) in [4.78, 5) is 25.4. The molecule has 2 fully saturated rings. The third kappa shape index (κ3) is 3.08. The predicted octanol–water partition coefficient (Wildman–Crippen LogP) is 1.10. The van der Waals surface area contributed by atoms with Gasteiger partial charge in [0.05, 0.1) is 6.54 Å². The first-order valence-corrected chi connectivity index (χ1v) is 7.48. The van der Waals surface area contributed by atoms with Crippen molar-refractivity contribution < 1.29 is 9.59 Å². The van der Waals surface area contributed by atoms with Gasteiger partial charge in [-0.25, -0.2) is 0 Å². The van der Waals surface area contributed by atoms with Crippen LogP contribution >= 0.6 is 0 Å². The zero-order valence-electron chi connectivity index (χ0n) is 12.5. The van der Waals surface area contributed by atoms with Crippen molar-refractivity contribution in [3.05, 3.63) is 29.3 Å². The van der Waals surface area contributed by atoms with Gasteiger partial charge in [0.1, 0.15) is 6.04 Å². The van der Waals surface area contributed by atoms with Crippen LogP contribution in [0.25, 0.3) is 0 Å². The number of amides is 2. The van der Waals surface area contributed by atoms with Gasteiger partial charge in [0, 0.05) is 18.3 Å². The van der Waals surface area contributed by atoms with Crippen LogP contribution in [0.5, 0.6) is 0 Å². The van der Waals surface area contributed by atoms with Crippen molar-refractivity contribution in [2.24, 2.45) is 0 Å². The molecule has 1 aromatic rings. The number of anilines is 1. The van der Waals surface area contributed by atoms with E-state index in [-0.39, 0.29) is 24.4 Å². The summed E-state index contributed by atoms with van der Waals surface area (Å²) in [5.74, 6) is -0.465. The average Bonchev–Trinajstić information content (AvgIpc) is 3.25. The molecule has 2 amide bonds. The van der Waals surface area contributed by atoms with E-state index in [1.165, 1.54) is 18.4 Å². The second-order valence-corrected chi connectivity index (χ2v) is 6.00. The second-order valence-electron chi connectivity index (χ2n) is 6.00. The van der Waals surface area contributed by atoms with Gasteiger partial charge < -0.3 is 10.2 Å². The van der Waals surface area contributed by atoms with Gasteiger partial charge in [0.2, 0.25) is 11.8 Å². The summed E-state index contributed by atoms with van der Waals surface area (Å²) in [6.45, 7) is 4.90. The number of imide groups is 1. The Balaban J connectivity index is 1.88. The number of hydrogen-bond acceptors (Lipinski definition) is 4. The molecule has 1 aromatic carbocycles. The number of carbonyl (C=O) groups excluding carboxylic acids is 2. The van der Waals surface area contributed by atoms with Gasteiger partial charge in [0.15, 0.2) is 0 Å². The maximum Gasteiger partial charge on any atom is 0.249 e. The van der Waals surface area contributed by atoms with E-state index in [9.17, 15) is 9.59 Å². The average molecular weight is 287 g/mol. The van der Waals surface area contributed by atoms with Gasteiger partial charge >= 0.3 is 0 Å². The molecule has 2 aliphatic rings. The molecule has 5 heteroatoms. The van der Waals surface area contributed by atoms with E-state index >= 15 is 0 Å². The summed E-state index contributed by atoms with van der Waals surface area (Å²) in [7, 11) is 0. The summed E-state index contributed by atoms with van der Waals surface area (Å²) in [5.41, 5.74) is 3.31. The van der Waals surface area contributed by atoms with Crippen molar-refractivity contribution in [1.29, 1.82) is 0 Å². The molecule has 5 nitrogen and oxygen atoms in total. The number of carbonyl (C=O) groups is 2. The van der Waals surface area contributed by atoms with Gasteiger partial charge in [0.25, 0.3) is 0 Å². The van der Waals surface area contributed by atoms with Crippen molar-refractivity contribution in [3.63, 3.8) is 0 Å². The number of nitrogens with zero attached hydrogens (tertiary/aromatic N) is 1. The van der Waals surface area contributed by atoms with Crippen molar-refractivity contribution >= 4 is 17.5 Å². The van der Waals surface area contributed by atoms with Gasteiger partial charge in [-0.15, -0.1) is 0 Å². The van der Waals surface area contributed by atoms with Gasteiger partial charge in [-0.05, 0) is 38.3 Å². The summed E-state index contributed by atoms with van der Waals surface area (Å²) in [6.07, 6.45) is 2.48. The molecule has 1 unspecified atom stereocenters. The smallest absolute Gasteiger partial charge is 0.249 e. The van der Waals surface area contributed by atoms with E-state index in [4.69, 9.17) is 0 Å². The Kier molecular flexibility index (Phi) is 3.68. The number of rotatable bonds is 4. The quantitative estimate of drug-likeness (QED) is 0.814. The van der Waals surface area contributed by atoms with Crippen LogP contribution in [0.3, 0.4) is 0 Å². The number of hydrogen-bond donors (Lipinski definition) is 2. The number of nitrogens with one attached hydrogen (secondary N) is 2. The van der Waals surface area contributed by atoms with Crippen molar-refractivity contribution in [2.45, 2.75) is 45.3 Å². The highest BCUT2D eigenvalue weighted by atomic mass is 16.2. The van der Waals surface area contributed by atoms with Crippen LogP contribution < -0.4 is 15.5 Å². The Morgan fingerprint density at radius 1 is 1.33 bits per heavy atom. The SMILES string of the molecule is Cc1ccc(N2CC(=O)NC(=O)C2C)c(CNC2CC2)c1. The molecule has 0 bridgehead atoms. The minimum absolute atomic E-state index is 0.229. The molecule has 112 valence electrons. The summed E-state index contributed by atoms with van der Waals surface area (Å²) < 4.78 is 0. The van der Waals surface area contributed by atoms with E-state index in [2.05, 4.69) is 23.6 Å². The third-order valence-electron chi connectivity index (χ3n) is 4.13. The fourth-order valence-electron chi connectivity index (χ4n) is 2.69. The Labute approximate surface area is 124 Å². The van der Waals surface area contributed by atoms with E-state index in [0.717, 1.165) is 17.8 Å². The minimum atomic E-state index is -0.329. The first-order chi connectivity index (χ1) is 10.0. The standard InChI is InChI=1S/C16H21N3O2/c1-10-3-6-14(12(7-10)8-17-13-4-5-13)19-9-15(20)18-16(21)11(19)2/h3,6-7,11,13,17H,4-5,8-9H2,1-2H3,(H,18,20,21). The van der Waals surface area contributed by atoms with Gasteiger partial charge in [-0.3, -0.25) is 14.9 Å². The lowest BCUT2D eigenvalue weighted by Crippen LogP contribution is -2.57. The molecular weight excluding hydrogens is 266 g/mol. The van der Waals surface area contributed by atoms with Crippen LogP contribution in [0.2, 0.25) is 0 Å². The third-order valence-corrected chi connectivity index (χ3v) is 4.13. The lowest BCUT2D eigenvalue weighted by Gasteiger charge is -2.35. The van der Waals surface area contributed by atoms with Crippen LogP contribution in [0.1, 0.15) is 30.9 Å². The number of piperazine rings is 1. The number of aryl methyl sites for hydroxylation is 1. The van der Waals surface area contributed by atoms with Crippen molar-refractivity contribution in [1.82, 2.24) is 10.6 Å². The Bertz CT molecular complexity index is 581. The largest absolute Gasteiger partial charge is 0.350 e. The molecule has 1 saturated heterocycles. The Morgan fingerprint density at radius 2 is 2.10 bits per heavy atom. The second kappa shape index (κ2) is 5.48. The highest BCUT2D eigenvalue weighted by Gasteiger charge is 2.31. The molecule has 1 aliphatic heterocycles. The summed E-state index contributed by atoms with van der Waals surface area (Å²) >= 11 is 0. The molecule has 0 aromatic heterocycles. The molecular formula is C16H21N3O2. The number of benzene rings is 1. The normalized spacial score (nSPS) is 22.4. The highest BCUT2D eigenvalue weighted by Crippen LogP contribution is 2.27. The zero-order valence-corrected chi connectivity index (χ0v) is 12.5. The molecule has 21 heavy (non-hydrogen) atoms. The van der Waals surface area contributed by atoms with Crippen molar-refractivity contribution in [3.8, 4) is 0 Å². The lowest BCUT2D eigenvalue weighted by atomic mass is 10.1. The van der Waals surface area contributed by atoms with E-state index in [1.54, 1.807) is 0 Å². The molecule has 1 heterocycles. The molecule has 0 spiro atoms. The molecule has 1 atom stereocenters. The monoisotopic (exact) mass is 287 g/mol. The summed E-state index contributed by atoms with van der Waals surface area (Å²) in [6, 6.07) is 6.47. The molecule has 3 rings (SSSR count). The van der Waals surface area contributed by atoms with E-state index in [1.807, 2.05) is 24.0 Å². The van der Waals surface area contributed by atoms with Crippen LogP contribution in [0, 0.1) is 6.92 Å². The fraction of sp³-hybridized carbons (Fsp3) is 0.500. The van der Waals surface area contributed by atoms with Crippen LogP contribution in [-0.4, -0.2) is 30.4 Å². The van der Waals surface area contributed by atoms with Crippen LogP contribution in [-0.2, 0) is 16.1 Å². The first-order valence-electron chi connectivity index (χ1n) is 7.48. The summed E-state index contributed by atoms with van der Waals surface area (Å²) in [5, 5.41) is 5.89. The Morgan fingerprint density at radius 3 is 2.81 bits per heavy atom. The fourth-order valence-corrected chi connectivity index (χ4v) is 2.69. The van der Waals surface area contributed by atoms with Gasteiger partial charge in [-0.1, -0.05) is 17.7 Å². The van der Waals surface area contributed by atoms with Crippen molar-refractivity contribution in [2.75, 3.05) is 11.4 Å². The zero-order chi connectivity index (χ0) is 15.0. The van der Waals surface area contributed by atoms with E-state index < -0.39 is 0 Å². The lowest BCUT2D eigenvalue weighted by molar-refractivity contribution is -0.132. The molecule has 2 N–H and O–H groups in total. The first kappa shape index (κ1) is 14.1. The van der Waals surface area contributed by atoms with Gasteiger partial charge in [-0.2, -0.15) is 0 Å². The molecule has 1 aliphatic carbocycles. The topological polar surface area (TPSA) is 61.4 Å². The maximum atomic E-state index is 11.9. The molecule has 0 radical (unpaired) electrons. The van der Waals surface area contributed by atoms with Crippen LogP contribution in [0.4, 0.5) is 5.69 Å². The predicted molar refractivity (Wildman–Crippen MR) is 81.0 cm³/mol.